The summed E-state index contributed by atoms with van der Waals surface area (Å²) in [6.45, 7) is 0.856. The Labute approximate surface area is 97.4 Å². The number of fused-ring (bicyclic) bond motifs is 1. The van der Waals surface area contributed by atoms with Crippen molar-refractivity contribution in [1.82, 2.24) is 9.38 Å². The average Bonchev–Trinajstić information content (AvgIpc) is 2.97. The number of hydrogen-bond acceptors (Lipinski definition) is 3. The predicted molar refractivity (Wildman–Crippen MR) is 66.8 cm³/mol. The van der Waals surface area contributed by atoms with Gasteiger partial charge in [0.05, 0.1) is 6.54 Å². The van der Waals surface area contributed by atoms with E-state index in [-0.39, 0.29) is 0 Å². The van der Waals surface area contributed by atoms with Crippen LogP contribution in [0.1, 0.15) is 4.88 Å². The number of thiophene rings is 1. The summed E-state index contributed by atoms with van der Waals surface area (Å²) in [5.41, 5.74) is 0.969. The van der Waals surface area contributed by atoms with Crippen LogP contribution in [0, 0.1) is 0 Å². The first-order chi connectivity index (χ1) is 7.93. The molecule has 0 atom stereocenters. The third-order valence-electron chi connectivity index (χ3n) is 2.45. The molecule has 0 saturated heterocycles. The van der Waals surface area contributed by atoms with Crippen LogP contribution in [0.4, 0.5) is 5.82 Å². The Morgan fingerprint density at radius 2 is 2.25 bits per heavy atom. The molecule has 0 saturated carbocycles. The maximum absolute atomic E-state index is 4.25. The van der Waals surface area contributed by atoms with Crippen molar-refractivity contribution in [2.45, 2.75) is 6.54 Å². The molecule has 16 heavy (non-hydrogen) atoms. The van der Waals surface area contributed by atoms with Crippen molar-refractivity contribution in [2.24, 2.45) is 0 Å². The molecule has 1 N–H and O–H groups in total. The normalized spacial score (nSPS) is 10.8. The number of hydrogen-bond donors (Lipinski definition) is 1. The second-order valence-corrected chi connectivity index (χ2v) is 4.53. The molecular weight excluding hydrogens is 218 g/mol. The first kappa shape index (κ1) is 9.42. The Balaban J connectivity index is 1.86. The molecule has 0 spiro atoms. The van der Waals surface area contributed by atoms with Gasteiger partial charge in [0.25, 0.3) is 0 Å². The van der Waals surface area contributed by atoms with Crippen molar-refractivity contribution >= 4 is 22.8 Å². The lowest BCUT2D eigenvalue weighted by molar-refractivity contribution is 1.09. The van der Waals surface area contributed by atoms with E-state index in [1.807, 2.05) is 28.9 Å². The predicted octanol–water partition coefficient (Wildman–Crippen LogP) is 3.01. The Kier molecular flexibility index (Phi) is 2.34. The van der Waals surface area contributed by atoms with E-state index in [0.29, 0.717) is 0 Å². The Morgan fingerprint density at radius 3 is 3.12 bits per heavy atom. The maximum Gasteiger partial charge on any atom is 0.138 e. The van der Waals surface area contributed by atoms with Crippen molar-refractivity contribution in [3.05, 3.63) is 53.0 Å². The van der Waals surface area contributed by atoms with Gasteiger partial charge in [-0.2, -0.15) is 0 Å². The van der Waals surface area contributed by atoms with Gasteiger partial charge in [0.15, 0.2) is 0 Å². The van der Waals surface area contributed by atoms with Crippen molar-refractivity contribution in [3.63, 3.8) is 0 Å². The molecule has 0 bridgehead atoms. The van der Waals surface area contributed by atoms with Crippen LogP contribution in [-0.2, 0) is 6.54 Å². The molecule has 0 aliphatic heterocycles. The topological polar surface area (TPSA) is 29.3 Å². The van der Waals surface area contributed by atoms with Crippen LogP contribution in [0.2, 0.25) is 0 Å². The highest BCUT2D eigenvalue weighted by Crippen LogP contribution is 2.14. The van der Waals surface area contributed by atoms with Crippen LogP contribution in [0.5, 0.6) is 0 Å². The minimum atomic E-state index is 0.856. The van der Waals surface area contributed by atoms with Gasteiger partial charge >= 0.3 is 0 Å². The summed E-state index contributed by atoms with van der Waals surface area (Å²) < 4.78 is 2.05. The molecule has 0 aliphatic carbocycles. The van der Waals surface area contributed by atoms with Gasteiger partial charge < -0.3 is 5.32 Å². The minimum absolute atomic E-state index is 0.856. The summed E-state index contributed by atoms with van der Waals surface area (Å²) in [6.07, 6.45) is 3.78. The average molecular weight is 229 g/mol. The second kappa shape index (κ2) is 3.98. The number of nitrogens with one attached hydrogen (secondary N) is 1. The smallest absolute Gasteiger partial charge is 0.138 e. The SMILES string of the molecule is c1csc(CNc2cccc3nccn23)c1. The van der Waals surface area contributed by atoms with Gasteiger partial charge in [0.1, 0.15) is 11.5 Å². The van der Waals surface area contributed by atoms with Gasteiger partial charge in [-0.25, -0.2) is 4.98 Å². The highest BCUT2D eigenvalue weighted by Gasteiger charge is 1.99. The molecule has 3 aromatic rings. The van der Waals surface area contributed by atoms with Gasteiger partial charge in [-0.1, -0.05) is 12.1 Å². The molecule has 3 nitrogen and oxygen atoms in total. The van der Waals surface area contributed by atoms with E-state index >= 15 is 0 Å². The van der Waals surface area contributed by atoms with Crippen LogP contribution in [0.15, 0.2) is 48.1 Å². The molecule has 4 heteroatoms. The lowest BCUT2D eigenvalue weighted by atomic mass is 10.4. The van der Waals surface area contributed by atoms with Gasteiger partial charge in [-0.05, 0) is 23.6 Å². The van der Waals surface area contributed by atoms with E-state index in [2.05, 4.69) is 33.9 Å². The van der Waals surface area contributed by atoms with E-state index in [9.17, 15) is 0 Å². The monoisotopic (exact) mass is 229 g/mol. The van der Waals surface area contributed by atoms with Crippen LogP contribution in [0.25, 0.3) is 5.65 Å². The van der Waals surface area contributed by atoms with Crippen LogP contribution >= 0.6 is 11.3 Å². The quantitative estimate of drug-likeness (QED) is 0.748. The van der Waals surface area contributed by atoms with Crippen LogP contribution in [-0.4, -0.2) is 9.38 Å². The van der Waals surface area contributed by atoms with E-state index in [0.717, 1.165) is 18.0 Å². The zero-order valence-corrected chi connectivity index (χ0v) is 9.45. The van der Waals surface area contributed by atoms with Crippen molar-refractivity contribution < 1.29 is 0 Å². The van der Waals surface area contributed by atoms with Gasteiger partial charge in [-0.3, -0.25) is 4.40 Å². The lowest BCUT2D eigenvalue weighted by Gasteiger charge is -2.07. The van der Waals surface area contributed by atoms with Crippen molar-refractivity contribution in [2.75, 3.05) is 5.32 Å². The third kappa shape index (κ3) is 1.67. The van der Waals surface area contributed by atoms with E-state index in [1.165, 1.54) is 4.88 Å². The van der Waals surface area contributed by atoms with Crippen molar-refractivity contribution in [3.8, 4) is 0 Å². The van der Waals surface area contributed by atoms with E-state index in [4.69, 9.17) is 0 Å². The highest BCUT2D eigenvalue weighted by molar-refractivity contribution is 7.09. The molecule has 0 aromatic carbocycles. The molecule has 0 aliphatic rings. The van der Waals surface area contributed by atoms with Crippen LogP contribution in [0.3, 0.4) is 0 Å². The fourth-order valence-corrected chi connectivity index (χ4v) is 2.33. The molecule has 80 valence electrons. The standard InChI is InChI=1S/C12H11N3S/c1-4-11-13-6-7-15(11)12(5-1)14-9-10-3-2-8-16-10/h1-8,14H,9H2. The zero-order valence-electron chi connectivity index (χ0n) is 8.63. The summed E-state index contributed by atoms with van der Waals surface area (Å²) >= 11 is 1.76. The number of aromatic nitrogens is 2. The summed E-state index contributed by atoms with van der Waals surface area (Å²) in [4.78, 5) is 5.58. The van der Waals surface area contributed by atoms with E-state index in [1.54, 1.807) is 11.3 Å². The Morgan fingerprint density at radius 1 is 1.25 bits per heavy atom. The summed E-state index contributed by atoms with van der Waals surface area (Å²) in [6, 6.07) is 10.3. The largest absolute Gasteiger partial charge is 0.366 e. The molecule has 0 radical (unpaired) electrons. The second-order valence-electron chi connectivity index (χ2n) is 3.50. The molecule has 0 unspecified atom stereocenters. The summed E-state index contributed by atoms with van der Waals surface area (Å²) in [5.74, 6) is 1.07. The molecular formula is C12H11N3S. The number of pyridine rings is 1. The molecule has 0 fully saturated rings. The number of anilines is 1. The van der Waals surface area contributed by atoms with Gasteiger partial charge in [0, 0.05) is 17.3 Å². The number of nitrogens with zero attached hydrogens (tertiary/aromatic N) is 2. The zero-order chi connectivity index (χ0) is 10.8. The molecule has 3 aromatic heterocycles. The lowest BCUT2D eigenvalue weighted by Crippen LogP contribution is -2.02. The third-order valence-corrected chi connectivity index (χ3v) is 3.33. The fourth-order valence-electron chi connectivity index (χ4n) is 1.68. The number of imidazole rings is 1. The maximum atomic E-state index is 4.25. The highest BCUT2D eigenvalue weighted by atomic mass is 32.1. The minimum Gasteiger partial charge on any atom is -0.366 e. The van der Waals surface area contributed by atoms with Crippen LogP contribution < -0.4 is 5.32 Å². The molecule has 3 heterocycles. The van der Waals surface area contributed by atoms with Crippen molar-refractivity contribution in [1.29, 1.82) is 0 Å². The first-order valence-electron chi connectivity index (χ1n) is 5.12. The summed E-state index contributed by atoms with van der Waals surface area (Å²) in [7, 11) is 0. The number of rotatable bonds is 3. The van der Waals surface area contributed by atoms with Gasteiger partial charge in [0.2, 0.25) is 0 Å². The Bertz CT molecular complexity index is 583. The molecule has 3 rings (SSSR count). The Hall–Kier alpha value is -1.81. The first-order valence-corrected chi connectivity index (χ1v) is 6.00. The molecule has 0 amide bonds. The van der Waals surface area contributed by atoms with Gasteiger partial charge in [-0.15, -0.1) is 11.3 Å². The van der Waals surface area contributed by atoms with E-state index < -0.39 is 0 Å². The summed E-state index contributed by atoms with van der Waals surface area (Å²) in [5, 5.41) is 5.50. The fraction of sp³-hybridized carbons (Fsp3) is 0.0833.